The molecule has 2 N–H and O–H groups in total. The summed E-state index contributed by atoms with van der Waals surface area (Å²) in [7, 11) is -4.64. The van der Waals surface area contributed by atoms with Crippen molar-refractivity contribution in [1.29, 1.82) is 0 Å². The van der Waals surface area contributed by atoms with Crippen molar-refractivity contribution in [2.24, 2.45) is 5.73 Å². The molecule has 2 atom stereocenters. The Labute approximate surface area is 113 Å². The summed E-state index contributed by atoms with van der Waals surface area (Å²) in [5.41, 5.74) is 5.16. The molecule has 1 rings (SSSR count). The number of amides is 1. The molecule has 1 aliphatic rings. The van der Waals surface area contributed by atoms with E-state index in [1.165, 1.54) is 6.92 Å². The van der Waals surface area contributed by atoms with E-state index in [1.54, 1.807) is 0 Å². The molecule has 1 saturated heterocycles. The van der Waals surface area contributed by atoms with Crippen molar-refractivity contribution in [3.63, 3.8) is 0 Å². The Kier molecular flexibility index (Phi) is 4.33. The monoisotopic (exact) mass is 218 g/mol. The van der Waals surface area contributed by atoms with Crippen LogP contribution in [0.4, 0.5) is 0 Å². The molecule has 0 aliphatic carbocycles. The van der Waals surface area contributed by atoms with Crippen LogP contribution in [0.1, 0.15) is 6.92 Å². The van der Waals surface area contributed by atoms with Gasteiger partial charge in [0.2, 0.25) is 0 Å². The van der Waals surface area contributed by atoms with Crippen molar-refractivity contribution < 1.29 is 69.1 Å². The Balaban J connectivity index is 0.00000121. The minimum absolute atomic E-state index is 0. The van der Waals surface area contributed by atoms with E-state index < -0.39 is 28.3 Å². The van der Waals surface area contributed by atoms with Crippen LogP contribution < -0.4 is 57.1 Å². The molecule has 0 radical (unpaired) electrons. The Morgan fingerprint density at radius 3 is 2.17 bits per heavy atom. The standard InChI is InChI=1S/C4H8N2O4S.K/c1-2-3(5)4(7)6(2)11(8,9)10;/h2-3H,5H2,1H3,(H,8,9,10);/q;+1/p-1. The van der Waals surface area contributed by atoms with E-state index in [-0.39, 0.29) is 55.7 Å². The van der Waals surface area contributed by atoms with Crippen molar-refractivity contribution in [3.8, 4) is 0 Å². The van der Waals surface area contributed by atoms with Crippen molar-refractivity contribution in [3.05, 3.63) is 0 Å². The molecule has 2 unspecified atom stereocenters. The number of rotatable bonds is 1. The molecule has 0 spiro atoms. The summed E-state index contributed by atoms with van der Waals surface area (Å²) in [5.74, 6) is -0.826. The average molecular weight is 218 g/mol. The molecular formula is C4H7KN2O4S. The quantitative estimate of drug-likeness (QED) is 0.270. The predicted molar refractivity (Wildman–Crippen MR) is 34.0 cm³/mol. The molecule has 1 heterocycles. The third-order valence-electron chi connectivity index (χ3n) is 1.63. The maximum absolute atomic E-state index is 10.6. The SMILES string of the molecule is CC1C(N)C(=O)N1S(=O)(=O)[O-].[K+]. The molecule has 0 aromatic heterocycles. The van der Waals surface area contributed by atoms with Gasteiger partial charge in [0.05, 0.1) is 6.04 Å². The summed E-state index contributed by atoms with van der Waals surface area (Å²) in [6.07, 6.45) is 0. The maximum atomic E-state index is 10.6. The smallest absolute Gasteiger partial charge is 0.731 e. The summed E-state index contributed by atoms with van der Waals surface area (Å²) in [6, 6.07) is -1.55. The number of hydrogen-bond acceptors (Lipinski definition) is 5. The topological polar surface area (TPSA) is 104 Å². The first-order chi connectivity index (χ1) is 4.85. The van der Waals surface area contributed by atoms with Crippen LogP contribution in [0.15, 0.2) is 0 Å². The van der Waals surface area contributed by atoms with Gasteiger partial charge in [0.1, 0.15) is 6.04 Å². The van der Waals surface area contributed by atoms with Crippen LogP contribution in [-0.4, -0.2) is 35.3 Å². The van der Waals surface area contributed by atoms with Gasteiger partial charge in [-0.25, -0.2) is 12.7 Å². The molecule has 0 aromatic rings. The van der Waals surface area contributed by atoms with Crippen molar-refractivity contribution in [1.82, 2.24) is 4.31 Å². The van der Waals surface area contributed by atoms with E-state index in [9.17, 15) is 17.8 Å². The summed E-state index contributed by atoms with van der Waals surface area (Å²) in [4.78, 5) is 10.6. The number of carbonyl (C=O) groups excluding carboxylic acids is 1. The average Bonchev–Trinajstić information content (AvgIpc) is 1.85. The molecule has 8 heteroatoms. The van der Waals surface area contributed by atoms with Crippen LogP contribution in [-0.2, 0) is 15.1 Å². The second-order valence-corrected chi connectivity index (χ2v) is 3.61. The first-order valence-corrected chi connectivity index (χ1v) is 4.27. The summed E-state index contributed by atoms with van der Waals surface area (Å²) >= 11 is 0. The summed E-state index contributed by atoms with van der Waals surface area (Å²) in [6.45, 7) is 1.40. The molecule has 1 amide bonds. The van der Waals surface area contributed by atoms with E-state index in [4.69, 9.17) is 5.73 Å². The maximum Gasteiger partial charge on any atom is 1.00 e. The number of nitrogens with two attached hydrogens (primary N) is 1. The van der Waals surface area contributed by atoms with Crippen molar-refractivity contribution in [2.45, 2.75) is 19.0 Å². The Bertz CT molecular complexity index is 289. The van der Waals surface area contributed by atoms with Gasteiger partial charge in [0, 0.05) is 0 Å². The van der Waals surface area contributed by atoms with E-state index in [0.717, 1.165) is 0 Å². The van der Waals surface area contributed by atoms with E-state index >= 15 is 0 Å². The largest absolute Gasteiger partial charge is 1.00 e. The number of carbonyl (C=O) groups is 1. The van der Waals surface area contributed by atoms with Crippen LogP contribution in [0.25, 0.3) is 0 Å². The molecule has 0 bridgehead atoms. The van der Waals surface area contributed by atoms with E-state index in [0.29, 0.717) is 0 Å². The molecular weight excluding hydrogens is 211 g/mol. The number of hydrogen-bond donors (Lipinski definition) is 1. The Morgan fingerprint density at radius 2 is 2.00 bits per heavy atom. The predicted octanol–water partition coefficient (Wildman–Crippen LogP) is -4.99. The van der Waals surface area contributed by atoms with Gasteiger partial charge in [-0.2, -0.15) is 0 Å². The van der Waals surface area contributed by atoms with Gasteiger partial charge in [-0.05, 0) is 6.92 Å². The molecule has 0 saturated carbocycles. The van der Waals surface area contributed by atoms with Gasteiger partial charge in [0.15, 0.2) is 10.3 Å². The van der Waals surface area contributed by atoms with E-state index in [1.807, 2.05) is 0 Å². The molecule has 12 heavy (non-hydrogen) atoms. The zero-order chi connectivity index (χ0) is 8.81. The zero-order valence-electron chi connectivity index (χ0n) is 6.72. The van der Waals surface area contributed by atoms with Crippen molar-refractivity contribution >= 4 is 16.2 Å². The first kappa shape index (κ1) is 13.0. The van der Waals surface area contributed by atoms with E-state index in [2.05, 4.69) is 0 Å². The molecule has 0 aromatic carbocycles. The van der Waals surface area contributed by atoms with Gasteiger partial charge in [-0.3, -0.25) is 4.79 Å². The molecule has 1 fully saturated rings. The van der Waals surface area contributed by atoms with Crippen LogP contribution in [0.3, 0.4) is 0 Å². The van der Waals surface area contributed by atoms with Crippen LogP contribution >= 0.6 is 0 Å². The van der Waals surface area contributed by atoms with Gasteiger partial charge >= 0.3 is 51.4 Å². The van der Waals surface area contributed by atoms with Crippen LogP contribution in [0.5, 0.6) is 0 Å². The second-order valence-electron chi connectivity index (χ2n) is 2.36. The first-order valence-electron chi connectivity index (χ1n) is 2.90. The van der Waals surface area contributed by atoms with Crippen LogP contribution in [0, 0.1) is 0 Å². The fourth-order valence-electron chi connectivity index (χ4n) is 0.932. The minimum Gasteiger partial charge on any atom is -0.731 e. The third-order valence-corrected chi connectivity index (χ3v) is 2.63. The summed E-state index contributed by atoms with van der Waals surface area (Å²) in [5, 5.41) is 0. The summed E-state index contributed by atoms with van der Waals surface area (Å²) < 4.78 is 31.1. The normalized spacial score (nSPS) is 29.2. The second kappa shape index (κ2) is 4.01. The van der Waals surface area contributed by atoms with Gasteiger partial charge in [0.25, 0.3) is 5.91 Å². The number of nitrogens with zero attached hydrogens (tertiary/aromatic N) is 1. The van der Waals surface area contributed by atoms with Crippen molar-refractivity contribution in [2.75, 3.05) is 0 Å². The molecule has 6 nitrogen and oxygen atoms in total. The Morgan fingerprint density at radius 1 is 1.58 bits per heavy atom. The Hall–Kier alpha value is 0.976. The fourth-order valence-corrected chi connectivity index (χ4v) is 1.81. The van der Waals surface area contributed by atoms with Gasteiger partial charge < -0.3 is 10.3 Å². The molecule has 64 valence electrons. The van der Waals surface area contributed by atoms with Gasteiger partial charge in [-0.1, -0.05) is 0 Å². The fraction of sp³-hybridized carbons (Fsp3) is 0.750. The number of β-lactam (4-membered cyclic amide) rings is 1. The van der Waals surface area contributed by atoms with Gasteiger partial charge in [-0.15, -0.1) is 0 Å². The minimum atomic E-state index is -4.64. The molecule has 1 aliphatic heterocycles. The van der Waals surface area contributed by atoms with Crippen LogP contribution in [0.2, 0.25) is 0 Å². The zero-order valence-corrected chi connectivity index (χ0v) is 10.7. The third kappa shape index (κ3) is 2.07.